The van der Waals surface area contributed by atoms with Gasteiger partial charge in [0, 0.05) is 79.7 Å². The number of piperazine rings is 1. The van der Waals surface area contributed by atoms with Crippen molar-refractivity contribution in [2.75, 3.05) is 44.2 Å². The van der Waals surface area contributed by atoms with Gasteiger partial charge >= 0.3 is 6.09 Å². The minimum absolute atomic E-state index is 0.0364. The molecule has 218 valence electrons. The number of amides is 3. The van der Waals surface area contributed by atoms with Crippen LogP contribution in [0, 0.1) is 5.82 Å². The Balaban J connectivity index is 1.37. The summed E-state index contributed by atoms with van der Waals surface area (Å²) in [6.07, 6.45) is 1.36. The van der Waals surface area contributed by atoms with E-state index >= 15 is 0 Å². The second-order valence-corrected chi connectivity index (χ2v) is 12.3. The number of pyridine rings is 1. The molecule has 2 atom stereocenters. The van der Waals surface area contributed by atoms with Crippen LogP contribution < -0.4 is 4.90 Å². The molecule has 0 radical (unpaired) electrons. The van der Waals surface area contributed by atoms with Gasteiger partial charge in [-0.15, -0.1) is 0 Å². The van der Waals surface area contributed by atoms with E-state index in [4.69, 9.17) is 0 Å². The van der Waals surface area contributed by atoms with E-state index in [2.05, 4.69) is 18.8 Å². The van der Waals surface area contributed by atoms with Crippen molar-refractivity contribution >= 4 is 23.6 Å². The predicted octanol–water partition coefficient (Wildman–Crippen LogP) is 3.67. The van der Waals surface area contributed by atoms with E-state index in [9.17, 15) is 23.9 Å². The molecule has 10 heteroatoms. The number of carbonyl (C=O) groups excluding carboxylic acids is 2. The number of nitrogens with zero attached hydrogens (tertiary/aromatic N) is 5. The van der Waals surface area contributed by atoms with Gasteiger partial charge in [0.1, 0.15) is 5.82 Å². The molecule has 0 saturated carbocycles. The van der Waals surface area contributed by atoms with Crippen LogP contribution in [0.2, 0.25) is 0 Å². The van der Waals surface area contributed by atoms with Crippen LogP contribution in [-0.4, -0.2) is 94.1 Å². The number of benzene rings is 1. The smallest absolute Gasteiger partial charge is 0.407 e. The number of anilines is 1. The Hall–Kier alpha value is -3.79. The highest BCUT2D eigenvalue weighted by molar-refractivity contribution is 5.98. The molecule has 1 saturated heterocycles. The third-order valence-corrected chi connectivity index (χ3v) is 8.76. The van der Waals surface area contributed by atoms with Crippen LogP contribution in [-0.2, 0) is 21.4 Å². The largest absolute Gasteiger partial charge is 0.465 e. The summed E-state index contributed by atoms with van der Waals surface area (Å²) in [7, 11) is 0. The summed E-state index contributed by atoms with van der Waals surface area (Å²) in [5, 5.41) is 9.80. The average molecular weight is 564 g/mol. The Bertz CT molecular complexity index is 1410. The molecule has 0 aliphatic carbocycles. The van der Waals surface area contributed by atoms with Gasteiger partial charge in [0.25, 0.3) is 0 Å². The van der Waals surface area contributed by atoms with E-state index < -0.39 is 6.09 Å². The normalized spacial score (nSPS) is 22.5. The van der Waals surface area contributed by atoms with Crippen LogP contribution in [0.3, 0.4) is 0 Å². The van der Waals surface area contributed by atoms with E-state index in [1.54, 1.807) is 17.0 Å². The zero-order valence-electron chi connectivity index (χ0n) is 24.4. The van der Waals surface area contributed by atoms with Crippen LogP contribution in [0.1, 0.15) is 51.4 Å². The predicted molar refractivity (Wildman–Crippen MR) is 153 cm³/mol. The van der Waals surface area contributed by atoms with Crippen molar-refractivity contribution in [1.29, 1.82) is 0 Å². The number of hydrogen-bond donors (Lipinski definition) is 1. The Morgan fingerprint density at radius 3 is 2.49 bits per heavy atom. The van der Waals surface area contributed by atoms with Crippen molar-refractivity contribution in [2.45, 2.75) is 58.5 Å². The summed E-state index contributed by atoms with van der Waals surface area (Å²) in [6, 6.07) is 7.68. The summed E-state index contributed by atoms with van der Waals surface area (Å²) >= 11 is 0. The standard InChI is InChI=1S/C31H38FN5O4/c1-19-13-35(29(39)21(19)3)15-25-16-36(30(40)41)20(2)14-34(25)17-28(38)37-18-31(4,5)26-12-33-24(11-27(26)37)10-22-6-8-23(32)9-7-22/h6-9,11-12,20,25H,10,13-18H2,1-5H3,(H,40,41)/t20-,25+/m1/s1. The summed E-state index contributed by atoms with van der Waals surface area (Å²) in [5.41, 5.74) is 4.99. The molecule has 3 aliphatic heterocycles. The average Bonchev–Trinajstić information content (AvgIpc) is 3.32. The SMILES string of the molecule is CC1=C(C)C(=O)N(C[C@H]2CN(C(=O)O)[C@H](C)CN2CC(=O)N2CC(C)(C)c3cnc(Cc4ccc(F)cc4)cc32)C1. The lowest BCUT2D eigenvalue weighted by Gasteiger charge is -2.45. The van der Waals surface area contributed by atoms with Crippen LogP contribution in [0.25, 0.3) is 0 Å². The highest BCUT2D eigenvalue weighted by atomic mass is 19.1. The molecule has 1 aromatic heterocycles. The van der Waals surface area contributed by atoms with Gasteiger partial charge in [0.15, 0.2) is 0 Å². The third-order valence-electron chi connectivity index (χ3n) is 8.76. The number of fused-ring (bicyclic) bond motifs is 1. The highest BCUT2D eigenvalue weighted by Gasteiger charge is 2.42. The maximum Gasteiger partial charge on any atom is 0.407 e. The summed E-state index contributed by atoms with van der Waals surface area (Å²) < 4.78 is 13.4. The molecule has 1 N–H and O–H groups in total. The summed E-state index contributed by atoms with van der Waals surface area (Å²) in [6.45, 7) is 11.9. The maximum atomic E-state index is 13.9. The molecule has 0 unspecified atom stereocenters. The first-order valence-electron chi connectivity index (χ1n) is 14.1. The number of hydrogen-bond acceptors (Lipinski definition) is 5. The van der Waals surface area contributed by atoms with Gasteiger partial charge in [0.05, 0.1) is 12.2 Å². The lowest BCUT2D eigenvalue weighted by molar-refractivity contribution is -0.127. The first-order valence-corrected chi connectivity index (χ1v) is 14.1. The van der Waals surface area contributed by atoms with Gasteiger partial charge in [-0.05, 0) is 50.1 Å². The Morgan fingerprint density at radius 2 is 1.85 bits per heavy atom. The van der Waals surface area contributed by atoms with Crippen LogP contribution in [0.5, 0.6) is 0 Å². The molecular weight excluding hydrogens is 525 g/mol. The number of aromatic nitrogens is 1. The minimum atomic E-state index is -0.997. The molecule has 5 rings (SSSR count). The van der Waals surface area contributed by atoms with Gasteiger partial charge < -0.3 is 19.8 Å². The zero-order chi connectivity index (χ0) is 29.6. The lowest BCUT2D eigenvalue weighted by Crippen LogP contribution is -2.63. The van der Waals surface area contributed by atoms with Gasteiger partial charge in [-0.3, -0.25) is 19.5 Å². The molecule has 3 aliphatic rings. The first-order chi connectivity index (χ1) is 19.3. The maximum absolute atomic E-state index is 13.9. The molecule has 1 fully saturated rings. The highest BCUT2D eigenvalue weighted by Crippen LogP contribution is 2.40. The van der Waals surface area contributed by atoms with Gasteiger partial charge in [-0.25, -0.2) is 9.18 Å². The Kier molecular flexibility index (Phi) is 7.63. The topological polar surface area (TPSA) is 97.3 Å². The van der Waals surface area contributed by atoms with Crippen molar-refractivity contribution in [1.82, 2.24) is 19.7 Å². The van der Waals surface area contributed by atoms with Crippen molar-refractivity contribution in [2.24, 2.45) is 0 Å². The number of rotatable bonds is 6. The van der Waals surface area contributed by atoms with E-state index in [-0.39, 0.29) is 48.2 Å². The molecule has 9 nitrogen and oxygen atoms in total. The van der Waals surface area contributed by atoms with E-state index in [0.29, 0.717) is 32.6 Å². The first kappa shape index (κ1) is 28.7. The molecule has 4 heterocycles. The van der Waals surface area contributed by atoms with E-state index in [0.717, 1.165) is 33.7 Å². The monoisotopic (exact) mass is 563 g/mol. The molecule has 0 bridgehead atoms. The van der Waals surface area contributed by atoms with Crippen LogP contribution in [0.4, 0.5) is 14.9 Å². The van der Waals surface area contributed by atoms with E-state index in [1.165, 1.54) is 17.0 Å². The minimum Gasteiger partial charge on any atom is -0.465 e. The van der Waals surface area contributed by atoms with Crippen molar-refractivity contribution in [3.8, 4) is 0 Å². The summed E-state index contributed by atoms with van der Waals surface area (Å²) in [4.78, 5) is 50.4. The fourth-order valence-electron chi connectivity index (χ4n) is 6.23. The van der Waals surface area contributed by atoms with Gasteiger partial charge in [-0.2, -0.15) is 0 Å². The lowest BCUT2D eigenvalue weighted by atomic mass is 9.88. The van der Waals surface area contributed by atoms with Crippen LogP contribution >= 0.6 is 0 Å². The van der Waals surface area contributed by atoms with Gasteiger partial charge in [-0.1, -0.05) is 26.0 Å². The number of carbonyl (C=O) groups is 3. The van der Waals surface area contributed by atoms with Crippen molar-refractivity contribution < 1.29 is 23.9 Å². The molecule has 41 heavy (non-hydrogen) atoms. The molecule has 2 aromatic rings. The second-order valence-electron chi connectivity index (χ2n) is 12.3. The second kappa shape index (κ2) is 10.9. The molecule has 0 spiro atoms. The fraction of sp³-hybridized carbons (Fsp3) is 0.484. The Morgan fingerprint density at radius 1 is 1.15 bits per heavy atom. The zero-order valence-corrected chi connectivity index (χ0v) is 24.4. The quantitative estimate of drug-likeness (QED) is 0.576. The fourth-order valence-corrected chi connectivity index (χ4v) is 6.23. The van der Waals surface area contributed by atoms with Gasteiger partial charge in [0.2, 0.25) is 11.8 Å². The number of halogens is 1. The number of carboxylic acid groups (broad SMARTS) is 1. The molecule has 3 amide bonds. The van der Waals surface area contributed by atoms with Crippen LogP contribution in [0.15, 0.2) is 47.7 Å². The van der Waals surface area contributed by atoms with E-state index in [1.807, 2.05) is 42.8 Å². The molecule has 1 aromatic carbocycles. The Labute approximate surface area is 240 Å². The summed E-state index contributed by atoms with van der Waals surface area (Å²) in [5.74, 6) is -0.401. The third kappa shape index (κ3) is 5.70. The molecular formula is C31H38FN5O4. The van der Waals surface area contributed by atoms with Crippen molar-refractivity contribution in [3.05, 3.63) is 70.3 Å². The van der Waals surface area contributed by atoms with Crippen molar-refractivity contribution in [3.63, 3.8) is 0 Å².